The molecule has 0 spiro atoms. The highest BCUT2D eigenvalue weighted by molar-refractivity contribution is 9.10. The number of hydrogen-bond acceptors (Lipinski definition) is 2. The van der Waals surface area contributed by atoms with E-state index in [9.17, 15) is 9.18 Å². The third kappa shape index (κ3) is 2.71. The molecule has 0 aliphatic rings. The van der Waals surface area contributed by atoms with Crippen LogP contribution in [0.3, 0.4) is 0 Å². The van der Waals surface area contributed by atoms with E-state index in [1.54, 1.807) is 24.4 Å². The maximum atomic E-state index is 13.6. The summed E-state index contributed by atoms with van der Waals surface area (Å²) in [6, 6.07) is 6.32. The number of hydrogen-bond donors (Lipinski definition) is 2. The predicted octanol–water partition coefficient (Wildman–Crippen LogP) is 2.24. The lowest BCUT2D eigenvalue weighted by Crippen LogP contribution is -2.24. The highest BCUT2D eigenvalue weighted by Crippen LogP contribution is 2.18. The Bertz CT molecular complexity index is 528. The van der Waals surface area contributed by atoms with Crippen molar-refractivity contribution in [1.82, 2.24) is 15.5 Å². The minimum absolute atomic E-state index is 0.0129. The number of halogens is 2. The van der Waals surface area contributed by atoms with E-state index in [0.29, 0.717) is 0 Å². The molecule has 2 rings (SSSR count). The average molecular weight is 298 g/mol. The second-order valence-electron chi connectivity index (χ2n) is 3.37. The summed E-state index contributed by atoms with van der Waals surface area (Å²) in [5.41, 5.74) is 0.771. The van der Waals surface area contributed by atoms with Crippen LogP contribution in [0.15, 0.2) is 34.9 Å². The predicted molar refractivity (Wildman–Crippen MR) is 63.9 cm³/mol. The van der Waals surface area contributed by atoms with Gasteiger partial charge in [0.15, 0.2) is 0 Å². The lowest BCUT2D eigenvalue weighted by molar-refractivity contribution is 0.0946. The molecule has 2 aromatic rings. The Morgan fingerprint density at radius 1 is 1.47 bits per heavy atom. The second-order valence-corrected chi connectivity index (χ2v) is 4.22. The van der Waals surface area contributed by atoms with Crippen molar-refractivity contribution >= 4 is 21.8 Å². The number of carbonyl (C=O) groups is 1. The van der Waals surface area contributed by atoms with Gasteiger partial charge in [-0.3, -0.25) is 9.89 Å². The van der Waals surface area contributed by atoms with Gasteiger partial charge in [-0.15, -0.1) is 0 Å². The molecule has 0 fully saturated rings. The third-order valence-corrected chi connectivity index (χ3v) is 2.81. The summed E-state index contributed by atoms with van der Waals surface area (Å²) in [5.74, 6) is -1.02. The van der Waals surface area contributed by atoms with Crippen molar-refractivity contribution in [2.24, 2.45) is 0 Å². The number of nitrogens with zero attached hydrogens (tertiary/aromatic N) is 1. The summed E-state index contributed by atoms with van der Waals surface area (Å²) < 4.78 is 13.9. The van der Waals surface area contributed by atoms with Crippen LogP contribution in [-0.2, 0) is 6.54 Å². The van der Waals surface area contributed by atoms with Gasteiger partial charge in [0, 0.05) is 6.20 Å². The zero-order valence-corrected chi connectivity index (χ0v) is 10.3. The Hall–Kier alpha value is -1.69. The molecular weight excluding hydrogens is 289 g/mol. The number of aromatic amines is 1. The molecule has 1 aromatic heterocycles. The van der Waals surface area contributed by atoms with Gasteiger partial charge in [0.1, 0.15) is 5.82 Å². The fourth-order valence-corrected chi connectivity index (χ4v) is 1.70. The summed E-state index contributed by atoms with van der Waals surface area (Å²) in [5, 5.41) is 9.05. The Kier molecular flexibility index (Phi) is 3.53. The Labute approximate surface area is 105 Å². The number of carbonyl (C=O) groups excluding carboxylic acids is 1. The normalized spacial score (nSPS) is 10.2. The maximum absolute atomic E-state index is 13.6. The molecule has 0 aliphatic heterocycles. The molecule has 1 amide bonds. The summed E-state index contributed by atoms with van der Waals surface area (Å²) in [4.78, 5) is 11.7. The average Bonchev–Trinajstić information content (AvgIpc) is 2.82. The molecule has 0 atom stereocenters. The number of amides is 1. The van der Waals surface area contributed by atoms with Crippen molar-refractivity contribution in [3.63, 3.8) is 0 Å². The molecule has 6 heteroatoms. The molecule has 1 heterocycles. The third-order valence-electron chi connectivity index (χ3n) is 2.19. The zero-order valence-electron chi connectivity index (χ0n) is 8.71. The second kappa shape index (κ2) is 5.09. The van der Waals surface area contributed by atoms with Gasteiger partial charge in [0.2, 0.25) is 0 Å². The topological polar surface area (TPSA) is 57.8 Å². The van der Waals surface area contributed by atoms with Crippen LogP contribution in [0.5, 0.6) is 0 Å². The smallest absolute Gasteiger partial charge is 0.254 e. The van der Waals surface area contributed by atoms with Gasteiger partial charge < -0.3 is 5.32 Å². The van der Waals surface area contributed by atoms with Crippen molar-refractivity contribution in [2.45, 2.75) is 6.54 Å². The van der Waals surface area contributed by atoms with Gasteiger partial charge in [-0.2, -0.15) is 5.10 Å². The van der Waals surface area contributed by atoms with Crippen LogP contribution in [0.4, 0.5) is 4.39 Å². The summed E-state index contributed by atoms with van der Waals surface area (Å²) in [6.45, 7) is 0.283. The SMILES string of the molecule is O=C(NCc1ccn[nH]1)c1cccc(Br)c1F. The molecule has 1 aromatic carbocycles. The minimum Gasteiger partial charge on any atom is -0.346 e. The highest BCUT2D eigenvalue weighted by Gasteiger charge is 2.13. The Balaban J connectivity index is 2.07. The lowest BCUT2D eigenvalue weighted by Gasteiger charge is -2.05. The van der Waals surface area contributed by atoms with Crippen LogP contribution < -0.4 is 5.32 Å². The van der Waals surface area contributed by atoms with Crippen LogP contribution >= 0.6 is 15.9 Å². The number of aromatic nitrogens is 2. The van der Waals surface area contributed by atoms with Crippen molar-refractivity contribution in [3.05, 3.63) is 52.0 Å². The molecule has 0 aliphatic carbocycles. The van der Waals surface area contributed by atoms with Gasteiger partial charge in [-0.1, -0.05) is 6.07 Å². The van der Waals surface area contributed by atoms with Crippen LogP contribution in [0, 0.1) is 5.82 Å². The molecule has 0 radical (unpaired) electrons. The molecule has 88 valence electrons. The van der Waals surface area contributed by atoms with Crippen molar-refractivity contribution < 1.29 is 9.18 Å². The first kappa shape index (κ1) is 11.8. The van der Waals surface area contributed by atoms with Crippen LogP contribution in [0.1, 0.15) is 16.1 Å². The molecule has 0 unspecified atom stereocenters. The fraction of sp³-hybridized carbons (Fsp3) is 0.0909. The molecule has 2 N–H and O–H groups in total. The first-order valence-corrected chi connectivity index (χ1v) is 5.68. The van der Waals surface area contributed by atoms with E-state index in [0.717, 1.165) is 5.69 Å². The van der Waals surface area contributed by atoms with Crippen molar-refractivity contribution in [1.29, 1.82) is 0 Å². The number of benzene rings is 1. The quantitative estimate of drug-likeness (QED) is 0.913. The molecule has 4 nitrogen and oxygen atoms in total. The Morgan fingerprint density at radius 2 is 2.29 bits per heavy atom. The minimum atomic E-state index is -0.561. The van der Waals surface area contributed by atoms with E-state index in [2.05, 4.69) is 31.4 Å². The summed E-state index contributed by atoms with van der Waals surface area (Å²) in [7, 11) is 0. The monoisotopic (exact) mass is 297 g/mol. The van der Waals surface area contributed by atoms with Gasteiger partial charge in [0.25, 0.3) is 5.91 Å². The summed E-state index contributed by atoms with van der Waals surface area (Å²) in [6.07, 6.45) is 1.58. The molecule has 0 bridgehead atoms. The molecule has 17 heavy (non-hydrogen) atoms. The van der Waals surface area contributed by atoms with E-state index in [4.69, 9.17) is 0 Å². The van der Waals surface area contributed by atoms with E-state index in [1.165, 1.54) is 6.07 Å². The zero-order chi connectivity index (χ0) is 12.3. The number of H-pyrrole nitrogens is 1. The number of nitrogens with one attached hydrogen (secondary N) is 2. The van der Waals surface area contributed by atoms with Crippen LogP contribution in [0.2, 0.25) is 0 Å². The Morgan fingerprint density at radius 3 is 3.00 bits per heavy atom. The van der Waals surface area contributed by atoms with Crippen molar-refractivity contribution in [2.75, 3.05) is 0 Å². The van der Waals surface area contributed by atoms with E-state index < -0.39 is 11.7 Å². The van der Waals surface area contributed by atoms with E-state index in [-0.39, 0.29) is 16.6 Å². The first-order chi connectivity index (χ1) is 8.18. The lowest BCUT2D eigenvalue weighted by atomic mass is 10.2. The fourth-order valence-electron chi connectivity index (χ4n) is 1.33. The largest absolute Gasteiger partial charge is 0.346 e. The number of rotatable bonds is 3. The van der Waals surface area contributed by atoms with Gasteiger partial charge in [0.05, 0.1) is 22.3 Å². The van der Waals surface area contributed by atoms with Crippen molar-refractivity contribution in [3.8, 4) is 0 Å². The van der Waals surface area contributed by atoms with Gasteiger partial charge in [-0.05, 0) is 34.1 Å². The summed E-state index contributed by atoms with van der Waals surface area (Å²) >= 11 is 3.03. The van der Waals surface area contributed by atoms with Crippen LogP contribution in [0.25, 0.3) is 0 Å². The molecule has 0 saturated carbocycles. The first-order valence-electron chi connectivity index (χ1n) is 4.89. The maximum Gasteiger partial charge on any atom is 0.254 e. The molecular formula is C11H9BrFN3O. The van der Waals surface area contributed by atoms with Crippen LogP contribution in [-0.4, -0.2) is 16.1 Å². The van der Waals surface area contributed by atoms with E-state index >= 15 is 0 Å². The highest BCUT2D eigenvalue weighted by atomic mass is 79.9. The van der Waals surface area contributed by atoms with E-state index in [1.807, 2.05) is 0 Å². The molecule has 0 saturated heterocycles. The van der Waals surface area contributed by atoms with Gasteiger partial charge in [-0.25, -0.2) is 4.39 Å². The standard InChI is InChI=1S/C11H9BrFN3O/c12-9-3-1-2-8(10(9)13)11(17)14-6-7-4-5-15-16-7/h1-5H,6H2,(H,14,17)(H,15,16). The van der Waals surface area contributed by atoms with Gasteiger partial charge >= 0.3 is 0 Å².